The van der Waals surface area contributed by atoms with Crippen molar-refractivity contribution in [1.29, 1.82) is 0 Å². The zero-order valence-corrected chi connectivity index (χ0v) is 9.41. The highest BCUT2D eigenvalue weighted by molar-refractivity contribution is 5.51. The summed E-state index contributed by atoms with van der Waals surface area (Å²) in [6.45, 7) is 4.45. The molecule has 1 heterocycles. The molecule has 0 aromatic rings. The van der Waals surface area contributed by atoms with Gasteiger partial charge in [-0.15, -0.1) is 0 Å². The van der Waals surface area contributed by atoms with E-state index in [1.165, 1.54) is 0 Å². The molecular weight excluding hydrogens is 210 g/mol. The summed E-state index contributed by atoms with van der Waals surface area (Å²) in [7, 11) is 0. The predicted molar refractivity (Wildman–Crippen MR) is 57.5 cm³/mol. The summed E-state index contributed by atoms with van der Waals surface area (Å²) < 4.78 is 0. The zero-order valence-electron chi connectivity index (χ0n) is 9.41. The largest absolute Gasteiger partial charge is 0.342 e. The van der Waals surface area contributed by atoms with Gasteiger partial charge >= 0.3 is 0 Å². The lowest BCUT2D eigenvalue weighted by Crippen LogP contribution is -2.41. The van der Waals surface area contributed by atoms with Gasteiger partial charge in [0.05, 0.1) is 0 Å². The fourth-order valence-corrected chi connectivity index (χ4v) is 1.73. The minimum absolute atomic E-state index is 0.0192. The molecule has 0 bridgehead atoms. The molecule has 1 saturated heterocycles. The van der Waals surface area contributed by atoms with Crippen LogP contribution < -0.4 is 0 Å². The molecule has 0 aromatic carbocycles. The molecule has 1 fully saturated rings. The van der Waals surface area contributed by atoms with E-state index in [4.69, 9.17) is 0 Å². The van der Waals surface area contributed by atoms with Crippen LogP contribution in [0.15, 0.2) is 0 Å². The minimum atomic E-state index is -0.0192. The Bertz CT molecular complexity index is 260. The van der Waals surface area contributed by atoms with Crippen molar-refractivity contribution in [2.24, 2.45) is 0 Å². The zero-order chi connectivity index (χ0) is 12.0. The van der Waals surface area contributed by atoms with E-state index in [0.29, 0.717) is 32.7 Å². The van der Waals surface area contributed by atoms with E-state index in [-0.39, 0.29) is 6.04 Å². The van der Waals surface area contributed by atoms with Crippen LogP contribution in [0, 0.1) is 0 Å². The average molecular weight is 227 g/mol. The lowest BCUT2D eigenvalue weighted by atomic mass is 10.3. The van der Waals surface area contributed by atoms with Crippen molar-refractivity contribution in [3.05, 3.63) is 0 Å². The molecule has 0 saturated carbocycles. The Balaban J connectivity index is 2.71. The normalized spacial score (nSPS) is 23.1. The quantitative estimate of drug-likeness (QED) is 0.567. The fraction of sp³-hybridized carbons (Fsp3) is 0.700. The minimum Gasteiger partial charge on any atom is -0.342 e. The molecule has 0 aromatic heterocycles. The molecule has 1 atom stereocenters. The molecule has 90 valence electrons. The maximum absolute atomic E-state index is 10.8. The van der Waals surface area contributed by atoms with Gasteiger partial charge in [0.1, 0.15) is 0 Å². The second kappa shape index (κ2) is 6.09. The average Bonchev–Trinajstić information content (AvgIpc) is 2.38. The molecular formula is C10H17N3O3. The summed E-state index contributed by atoms with van der Waals surface area (Å²) in [6, 6.07) is -0.0192. The van der Waals surface area contributed by atoms with Crippen molar-refractivity contribution in [1.82, 2.24) is 14.7 Å². The Morgan fingerprint density at radius 1 is 0.875 bits per heavy atom. The van der Waals surface area contributed by atoms with Crippen molar-refractivity contribution >= 4 is 19.2 Å². The summed E-state index contributed by atoms with van der Waals surface area (Å²) in [6.07, 6.45) is 2.28. The van der Waals surface area contributed by atoms with Crippen LogP contribution in [-0.4, -0.2) is 72.7 Å². The predicted octanol–water partition coefficient (Wildman–Crippen LogP) is -1.24. The van der Waals surface area contributed by atoms with Crippen LogP contribution in [-0.2, 0) is 14.4 Å². The molecule has 0 radical (unpaired) electrons. The van der Waals surface area contributed by atoms with Gasteiger partial charge in [0.25, 0.3) is 0 Å². The summed E-state index contributed by atoms with van der Waals surface area (Å²) in [5, 5.41) is 0. The fourth-order valence-electron chi connectivity index (χ4n) is 1.73. The highest BCUT2D eigenvalue weighted by Gasteiger charge is 2.18. The molecule has 1 rings (SSSR count). The molecule has 6 nitrogen and oxygen atoms in total. The van der Waals surface area contributed by atoms with E-state index in [9.17, 15) is 14.4 Å². The van der Waals surface area contributed by atoms with Crippen molar-refractivity contribution in [2.75, 3.05) is 32.7 Å². The Morgan fingerprint density at radius 2 is 1.44 bits per heavy atom. The molecule has 0 spiro atoms. The van der Waals surface area contributed by atoms with E-state index in [1.54, 1.807) is 14.7 Å². The standard InChI is InChI=1S/C10H17N3O3/c1-10-6-12(8-15)3-2-11(7-14)4-5-13(10)9-16/h7-10H,2-6H2,1H3. The summed E-state index contributed by atoms with van der Waals surface area (Å²) in [5.41, 5.74) is 0. The topological polar surface area (TPSA) is 60.9 Å². The number of hydrogen-bond donors (Lipinski definition) is 0. The summed E-state index contributed by atoms with van der Waals surface area (Å²) in [4.78, 5) is 37.1. The summed E-state index contributed by atoms with van der Waals surface area (Å²) in [5.74, 6) is 0. The number of rotatable bonds is 3. The van der Waals surface area contributed by atoms with E-state index in [2.05, 4.69) is 0 Å². The molecule has 6 heteroatoms. The summed E-state index contributed by atoms with van der Waals surface area (Å²) >= 11 is 0. The Hall–Kier alpha value is -1.59. The number of carbonyl (C=O) groups is 3. The van der Waals surface area contributed by atoms with E-state index in [0.717, 1.165) is 19.2 Å². The van der Waals surface area contributed by atoms with Gasteiger partial charge in [0.2, 0.25) is 19.2 Å². The molecule has 3 amide bonds. The first-order valence-corrected chi connectivity index (χ1v) is 5.31. The smallest absolute Gasteiger partial charge is 0.210 e. The molecule has 0 aliphatic carbocycles. The van der Waals surface area contributed by atoms with Crippen molar-refractivity contribution < 1.29 is 14.4 Å². The van der Waals surface area contributed by atoms with Gasteiger partial charge in [-0.3, -0.25) is 14.4 Å². The van der Waals surface area contributed by atoms with Crippen molar-refractivity contribution in [3.8, 4) is 0 Å². The second-order valence-corrected chi connectivity index (χ2v) is 3.93. The highest BCUT2D eigenvalue weighted by Crippen LogP contribution is 2.02. The number of hydrogen-bond acceptors (Lipinski definition) is 3. The maximum Gasteiger partial charge on any atom is 0.210 e. The van der Waals surface area contributed by atoms with E-state index < -0.39 is 0 Å². The van der Waals surface area contributed by atoms with E-state index >= 15 is 0 Å². The van der Waals surface area contributed by atoms with Gasteiger partial charge in [-0.25, -0.2) is 0 Å². The Labute approximate surface area is 94.8 Å². The number of carbonyl (C=O) groups excluding carboxylic acids is 3. The molecule has 1 aliphatic rings. The second-order valence-electron chi connectivity index (χ2n) is 3.93. The third-order valence-corrected chi connectivity index (χ3v) is 2.82. The number of amides is 3. The Kier molecular flexibility index (Phi) is 4.75. The van der Waals surface area contributed by atoms with Gasteiger partial charge in [-0.2, -0.15) is 0 Å². The van der Waals surface area contributed by atoms with Crippen LogP contribution in [0.5, 0.6) is 0 Å². The third-order valence-electron chi connectivity index (χ3n) is 2.82. The van der Waals surface area contributed by atoms with E-state index in [1.807, 2.05) is 6.92 Å². The van der Waals surface area contributed by atoms with Crippen LogP contribution in [0.25, 0.3) is 0 Å². The van der Waals surface area contributed by atoms with Crippen LogP contribution >= 0.6 is 0 Å². The lowest BCUT2D eigenvalue weighted by molar-refractivity contribution is -0.123. The third kappa shape index (κ3) is 3.22. The van der Waals surface area contributed by atoms with Gasteiger partial charge in [0.15, 0.2) is 0 Å². The SMILES string of the molecule is CC1CN(C=O)CCN(C=O)CCN1C=O. The van der Waals surface area contributed by atoms with Crippen LogP contribution in [0.2, 0.25) is 0 Å². The lowest BCUT2D eigenvalue weighted by Gasteiger charge is -2.27. The molecule has 1 unspecified atom stereocenters. The highest BCUT2D eigenvalue weighted by atomic mass is 16.1. The van der Waals surface area contributed by atoms with Crippen LogP contribution in [0.1, 0.15) is 6.92 Å². The Morgan fingerprint density at radius 3 is 2.00 bits per heavy atom. The van der Waals surface area contributed by atoms with Crippen molar-refractivity contribution in [3.63, 3.8) is 0 Å². The molecule has 1 aliphatic heterocycles. The van der Waals surface area contributed by atoms with Crippen LogP contribution in [0.4, 0.5) is 0 Å². The van der Waals surface area contributed by atoms with Gasteiger partial charge in [-0.05, 0) is 6.92 Å². The molecule has 0 N–H and O–H groups in total. The van der Waals surface area contributed by atoms with Crippen LogP contribution in [0.3, 0.4) is 0 Å². The first-order valence-electron chi connectivity index (χ1n) is 5.31. The maximum atomic E-state index is 10.8. The van der Waals surface area contributed by atoms with Gasteiger partial charge in [0, 0.05) is 38.8 Å². The number of nitrogens with zero attached hydrogens (tertiary/aromatic N) is 3. The first-order chi connectivity index (χ1) is 7.71. The van der Waals surface area contributed by atoms with Crippen molar-refractivity contribution in [2.45, 2.75) is 13.0 Å². The van der Waals surface area contributed by atoms with Gasteiger partial charge in [-0.1, -0.05) is 0 Å². The monoisotopic (exact) mass is 227 g/mol. The van der Waals surface area contributed by atoms with Gasteiger partial charge < -0.3 is 14.7 Å². The first kappa shape index (κ1) is 12.5. The molecule has 16 heavy (non-hydrogen) atoms.